The number of carbonyl (C=O) groups is 1. The molecule has 0 saturated heterocycles. The smallest absolute Gasteiger partial charge is 0.335 e. The molecular weight excluding hydrogens is 473 g/mol. The molecule has 1 aliphatic rings. The van der Waals surface area contributed by atoms with Crippen molar-refractivity contribution in [1.82, 2.24) is 14.8 Å². The Morgan fingerprint density at radius 2 is 2.06 bits per heavy atom. The number of carboxylic acid groups (broad SMARTS) is 1. The molecule has 2 aromatic carbocycles. The van der Waals surface area contributed by atoms with E-state index in [1.54, 1.807) is 24.5 Å². The maximum atomic E-state index is 16.1. The number of fused-ring (bicyclic) bond motifs is 2. The van der Waals surface area contributed by atoms with E-state index in [0.29, 0.717) is 22.2 Å². The third kappa shape index (κ3) is 3.45. The van der Waals surface area contributed by atoms with E-state index >= 15 is 4.39 Å². The van der Waals surface area contributed by atoms with Gasteiger partial charge in [0.2, 0.25) is 0 Å². The number of aromatic amines is 1. The summed E-state index contributed by atoms with van der Waals surface area (Å²) in [6.07, 6.45) is 1.53. The Balaban J connectivity index is 1.94. The molecule has 2 heterocycles. The zero-order valence-corrected chi connectivity index (χ0v) is 19.6. The Labute approximate surface area is 203 Å². The lowest BCUT2D eigenvalue weighted by molar-refractivity contribution is -0.157. The van der Waals surface area contributed by atoms with E-state index in [0.717, 1.165) is 12.1 Å². The van der Waals surface area contributed by atoms with E-state index in [2.05, 4.69) is 16.3 Å². The monoisotopic (exact) mass is 496 g/mol. The van der Waals surface area contributed by atoms with Crippen molar-refractivity contribution >= 4 is 27.8 Å². The second-order valence-corrected chi connectivity index (χ2v) is 10.1. The van der Waals surface area contributed by atoms with Gasteiger partial charge < -0.3 is 14.8 Å². The highest BCUT2D eigenvalue weighted by atomic mass is 19.2. The van der Waals surface area contributed by atoms with Crippen LogP contribution in [-0.4, -0.2) is 36.5 Å². The number of carboxylic acids is 1. The molecule has 0 radical (unpaired) electrons. The number of H-pyrrole nitrogens is 1. The Hall–Kier alpha value is -3.84. The molecule has 10 heteroatoms. The molecule has 0 spiro atoms. The number of nitriles is 1. The number of nitrogens with zero attached hydrogens (tertiary/aromatic N) is 3. The number of nitrogens with one attached hydrogen (secondary N) is 1. The fourth-order valence-electron chi connectivity index (χ4n) is 5.53. The van der Waals surface area contributed by atoms with Gasteiger partial charge in [-0.05, 0) is 48.9 Å². The predicted molar refractivity (Wildman–Crippen MR) is 125 cm³/mol. The molecule has 1 fully saturated rings. The predicted octanol–water partition coefficient (Wildman–Crippen LogP) is 5.20. The molecule has 3 N–H and O–H groups in total. The number of hydrogen-bond acceptors (Lipinski definition) is 4. The lowest BCUT2D eigenvalue weighted by atomic mass is 9.79. The molecule has 186 valence electrons. The number of hydrogen-bond donors (Lipinski definition) is 3. The fraction of sp³-hybridized carbons (Fsp3) is 0.346. The lowest BCUT2D eigenvalue weighted by Crippen LogP contribution is -2.35. The zero-order chi connectivity index (χ0) is 26.0. The van der Waals surface area contributed by atoms with Gasteiger partial charge in [0.25, 0.3) is 0 Å². The number of aliphatic hydroxyl groups is 1. The van der Waals surface area contributed by atoms with Crippen LogP contribution in [0.25, 0.3) is 27.5 Å². The van der Waals surface area contributed by atoms with Crippen molar-refractivity contribution in [3.63, 3.8) is 0 Å². The fourth-order valence-corrected chi connectivity index (χ4v) is 5.53. The minimum absolute atomic E-state index is 0.0109. The number of aromatic nitrogens is 3. The average molecular weight is 496 g/mol. The highest BCUT2D eigenvalue weighted by Gasteiger charge is 2.47. The number of rotatable bonds is 5. The summed E-state index contributed by atoms with van der Waals surface area (Å²) >= 11 is 0. The molecule has 1 aliphatic carbocycles. The summed E-state index contributed by atoms with van der Waals surface area (Å²) in [4.78, 5) is 11.8. The summed E-state index contributed by atoms with van der Waals surface area (Å²) in [7, 11) is 0. The largest absolute Gasteiger partial charge is 0.479 e. The summed E-state index contributed by atoms with van der Waals surface area (Å²) in [5.41, 5.74) is -1.26. The normalized spacial score (nSPS) is 20.3. The average Bonchev–Trinajstić information content (AvgIpc) is 3.52. The van der Waals surface area contributed by atoms with Crippen LogP contribution in [0.2, 0.25) is 0 Å². The van der Waals surface area contributed by atoms with E-state index in [4.69, 9.17) is 0 Å². The Morgan fingerprint density at radius 1 is 1.31 bits per heavy atom. The third-order valence-corrected chi connectivity index (χ3v) is 7.27. The maximum absolute atomic E-state index is 16.1. The van der Waals surface area contributed by atoms with Crippen molar-refractivity contribution in [2.45, 2.75) is 56.5 Å². The van der Waals surface area contributed by atoms with E-state index in [9.17, 15) is 29.1 Å². The minimum Gasteiger partial charge on any atom is -0.479 e. The quantitative estimate of drug-likeness (QED) is 0.351. The summed E-state index contributed by atoms with van der Waals surface area (Å²) in [6, 6.07) is 7.16. The molecule has 0 amide bonds. The van der Waals surface area contributed by atoms with Gasteiger partial charge in [0.1, 0.15) is 5.52 Å². The van der Waals surface area contributed by atoms with E-state index in [1.807, 2.05) is 0 Å². The summed E-state index contributed by atoms with van der Waals surface area (Å²) < 4.78 is 46.0. The summed E-state index contributed by atoms with van der Waals surface area (Å²) in [5.74, 6) is -4.69. The third-order valence-electron chi connectivity index (χ3n) is 7.27. The topological polar surface area (TPSA) is 115 Å². The Morgan fingerprint density at radius 3 is 2.69 bits per heavy atom. The molecule has 5 rings (SSSR count). The van der Waals surface area contributed by atoms with Crippen LogP contribution in [-0.2, 0) is 10.2 Å². The zero-order valence-electron chi connectivity index (χ0n) is 19.6. The van der Waals surface area contributed by atoms with Gasteiger partial charge in [-0.2, -0.15) is 10.4 Å². The highest BCUT2D eigenvalue weighted by molar-refractivity contribution is 6.00. The van der Waals surface area contributed by atoms with Gasteiger partial charge in [-0.1, -0.05) is 13.8 Å². The van der Waals surface area contributed by atoms with Gasteiger partial charge in [-0.15, -0.1) is 0 Å². The molecule has 0 unspecified atom stereocenters. The Bertz CT molecular complexity index is 1580. The van der Waals surface area contributed by atoms with Crippen molar-refractivity contribution < 1.29 is 28.2 Å². The van der Waals surface area contributed by atoms with Crippen LogP contribution in [0.3, 0.4) is 0 Å². The van der Waals surface area contributed by atoms with Gasteiger partial charge in [-0.25, -0.2) is 18.0 Å². The van der Waals surface area contributed by atoms with E-state index in [-0.39, 0.29) is 42.3 Å². The van der Waals surface area contributed by atoms with Crippen LogP contribution >= 0.6 is 0 Å². The first-order valence-electron chi connectivity index (χ1n) is 11.5. The standard InChI is InChI=1S/C26H23F3N4O3/c1-25(2,7-8-30)23-19(13-5-6-26(36,11-13)24(34)35)20-18(9-14-12-31-32-22(14)21(20)29)33(23)15-3-4-16(27)17(28)10-15/h3-4,9-10,12-13,36H,5-7,11H2,1-2H3,(H,31,32)(H,34,35)/t13-,26+/m1/s1. The van der Waals surface area contributed by atoms with Gasteiger partial charge in [0, 0.05) is 40.1 Å². The van der Waals surface area contributed by atoms with Crippen LogP contribution in [0.4, 0.5) is 13.2 Å². The molecule has 36 heavy (non-hydrogen) atoms. The van der Waals surface area contributed by atoms with Gasteiger partial charge >= 0.3 is 5.97 Å². The van der Waals surface area contributed by atoms with Gasteiger partial charge in [-0.3, -0.25) is 5.10 Å². The first kappa shape index (κ1) is 23.9. The SMILES string of the molecule is CC(C)(CC#N)c1c([C@@H]2CC[C@@](O)(C(=O)O)C2)c2c(F)c3[nH]ncc3cc2n1-c1ccc(F)c(F)c1. The molecule has 1 saturated carbocycles. The van der Waals surface area contributed by atoms with Crippen LogP contribution < -0.4 is 0 Å². The van der Waals surface area contributed by atoms with Crippen LogP contribution in [0.15, 0.2) is 30.5 Å². The molecule has 4 aromatic rings. The van der Waals surface area contributed by atoms with Crippen molar-refractivity contribution in [2.75, 3.05) is 0 Å². The molecule has 2 atom stereocenters. The van der Waals surface area contributed by atoms with Crippen molar-refractivity contribution in [3.8, 4) is 11.8 Å². The van der Waals surface area contributed by atoms with Gasteiger partial charge in [0.15, 0.2) is 23.1 Å². The maximum Gasteiger partial charge on any atom is 0.335 e. The van der Waals surface area contributed by atoms with Crippen molar-refractivity contribution in [3.05, 3.63) is 59.2 Å². The molecule has 0 bridgehead atoms. The number of aliphatic carboxylic acids is 1. The molecule has 0 aliphatic heterocycles. The summed E-state index contributed by atoms with van der Waals surface area (Å²) in [5, 5.41) is 37.1. The lowest BCUT2D eigenvalue weighted by Gasteiger charge is -2.28. The molecule has 2 aromatic heterocycles. The summed E-state index contributed by atoms with van der Waals surface area (Å²) in [6.45, 7) is 3.57. The minimum atomic E-state index is -1.98. The molecule has 7 nitrogen and oxygen atoms in total. The highest BCUT2D eigenvalue weighted by Crippen LogP contribution is 2.50. The van der Waals surface area contributed by atoms with Crippen molar-refractivity contribution in [1.29, 1.82) is 5.26 Å². The van der Waals surface area contributed by atoms with Crippen LogP contribution in [0.5, 0.6) is 0 Å². The van der Waals surface area contributed by atoms with E-state index < -0.39 is 40.4 Å². The number of benzene rings is 2. The second kappa shape index (κ2) is 8.10. The van der Waals surface area contributed by atoms with Gasteiger partial charge in [0.05, 0.1) is 17.8 Å². The Kier molecular flexibility index (Phi) is 5.37. The van der Waals surface area contributed by atoms with E-state index in [1.165, 1.54) is 12.3 Å². The first-order valence-corrected chi connectivity index (χ1v) is 11.5. The molecular formula is C26H23F3N4O3. The second-order valence-electron chi connectivity index (χ2n) is 10.1. The van der Waals surface area contributed by atoms with Crippen molar-refractivity contribution in [2.24, 2.45) is 0 Å². The van der Waals surface area contributed by atoms with Crippen LogP contribution in [0.1, 0.15) is 56.7 Å². The number of halogens is 3. The van der Waals surface area contributed by atoms with Crippen LogP contribution in [0, 0.1) is 28.8 Å². The first-order chi connectivity index (χ1) is 17.0.